The minimum absolute atomic E-state index is 0.0234. The average Bonchev–Trinajstić information content (AvgIpc) is 3.08. The minimum atomic E-state index is -4.34. The van der Waals surface area contributed by atoms with Crippen LogP contribution in [0.4, 0.5) is 18.3 Å². The molecular weight excluding hydrogens is 337 g/mol. The van der Waals surface area contributed by atoms with Gasteiger partial charge in [0.15, 0.2) is 10.5 Å². The van der Waals surface area contributed by atoms with Crippen molar-refractivity contribution in [3.05, 3.63) is 30.2 Å². The third-order valence-corrected chi connectivity index (χ3v) is 3.84. The second-order valence-corrected chi connectivity index (χ2v) is 5.47. The molecule has 0 saturated heterocycles. The van der Waals surface area contributed by atoms with Gasteiger partial charge in [0.25, 0.3) is 0 Å². The van der Waals surface area contributed by atoms with Crippen molar-refractivity contribution in [2.45, 2.75) is 19.3 Å². The van der Waals surface area contributed by atoms with E-state index >= 15 is 0 Å². The highest BCUT2D eigenvalue weighted by Gasteiger charge is 2.28. The first-order valence-corrected chi connectivity index (χ1v) is 7.03. The Kier molecular flexibility index (Phi) is 3.67. The highest BCUT2D eigenvalue weighted by molar-refractivity contribution is 7.21. The smallest absolute Gasteiger partial charge is 0.406 e. The van der Waals surface area contributed by atoms with E-state index in [1.165, 1.54) is 23.2 Å². The van der Waals surface area contributed by atoms with Gasteiger partial charge in [-0.3, -0.25) is 0 Å². The summed E-state index contributed by atoms with van der Waals surface area (Å²) in [5.41, 5.74) is -0.130. The van der Waals surface area contributed by atoms with Crippen LogP contribution in [-0.2, 0) is 13.1 Å². The first kappa shape index (κ1) is 15.3. The number of anilines is 1. The topological polar surface area (TPSA) is 97.3 Å². The molecule has 0 amide bonds. The number of rotatable bonds is 5. The van der Waals surface area contributed by atoms with Crippen LogP contribution < -0.4 is 5.32 Å². The molecule has 0 unspecified atom stereocenters. The Morgan fingerprint density at radius 3 is 2.87 bits per heavy atom. The summed E-state index contributed by atoms with van der Waals surface area (Å²) in [6, 6.07) is 0. The number of carboxylic acids is 1. The highest BCUT2D eigenvalue weighted by atomic mass is 32.1. The number of halogens is 3. The second-order valence-electron chi connectivity index (χ2n) is 4.50. The molecule has 0 atom stereocenters. The number of fused-ring (bicyclic) bond motifs is 1. The van der Waals surface area contributed by atoms with Gasteiger partial charge >= 0.3 is 12.1 Å². The molecule has 0 aromatic carbocycles. The van der Waals surface area contributed by atoms with Crippen LogP contribution in [0.25, 0.3) is 4.83 Å². The SMILES string of the molecule is O=C(O)c1ncn2nc(NCc3nccn3CC(F)(F)F)sc12. The average molecular weight is 346 g/mol. The molecule has 3 rings (SSSR count). The Morgan fingerprint density at radius 1 is 1.39 bits per heavy atom. The molecule has 0 aliphatic heterocycles. The summed E-state index contributed by atoms with van der Waals surface area (Å²) in [6.45, 7) is -1.10. The Hall–Kier alpha value is -2.63. The van der Waals surface area contributed by atoms with E-state index in [1.807, 2.05) is 0 Å². The van der Waals surface area contributed by atoms with E-state index in [9.17, 15) is 18.0 Å². The monoisotopic (exact) mass is 346 g/mol. The van der Waals surface area contributed by atoms with Gasteiger partial charge < -0.3 is 15.0 Å². The van der Waals surface area contributed by atoms with Crippen LogP contribution in [0.1, 0.15) is 16.3 Å². The van der Waals surface area contributed by atoms with Crippen LogP contribution in [0.3, 0.4) is 0 Å². The molecule has 0 aliphatic rings. The normalized spacial score (nSPS) is 12.0. The maximum Gasteiger partial charge on any atom is 0.406 e. The molecule has 3 aromatic heterocycles. The fourth-order valence-electron chi connectivity index (χ4n) is 1.92. The number of aromatic nitrogens is 5. The van der Waals surface area contributed by atoms with Gasteiger partial charge in [-0.05, 0) is 0 Å². The molecule has 0 radical (unpaired) electrons. The molecular formula is C11H9F3N6O2S. The zero-order valence-electron chi connectivity index (χ0n) is 11.3. The van der Waals surface area contributed by atoms with E-state index in [1.54, 1.807) is 0 Å². The van der Waals surface area contributed by atoms with Crippen LogP contribution >= 0.6 is 11.3 Å². The number of alkyl halides is 3. The third kappa shape index (κ3) is 3.26. The van der Waals surface area contributed by atoms with Crippen molar-refractivity contribution < 1.29 is 23.1 Å². The Labute approximate surface area is 130 Å². The molecule has 8 nitrogen and oxygen atoms in total. The lowest BCUT2D eigenvalue weighted by atomic mass is 10.5. The lowest BCUT2D eigenvalue weighted by molar-refractivity contribution is -0.141. The van der Waals surface area contributed by atoms with Gasteiger partial charge in [0, 0.05) is 12.4 Å². The largest absolute Gasteiger partial charge is 0.476 e. The molecule has 23 heavy (non-hydrogen) atoms. The third-order valence-electron chi connectivity index (χ3n) is 2.85. The van der Waals surface area contributed by atoms with Crippen molar-refractivity contribution in [3.8, 4) is 0 Å². The highest BCUT2D eigenvalue weighted by Crippen LogP contribution is 2.23. The van der Waals surface area contributed by atoms with E-state index in [0.717, 1.165) is 15.9 Å². The summed E-state index contributed by atoms with van der Waals surface area (Å²) in [6.07, 6.45) is -0.563. The van der Waals surface area contributed by atoms with Crippen molar-refractivity contribution in [1.29, 1.82) is 0 Å². The van der Waals surface area contributed by atoms with Crippen molar-refractivity contribution >= 4 is 27.3 Å². The van der Waals surface area contributed by atoms with Crippen LogP contribution in [0.2, 0.25) is 0 Å². The Morgan fingerprint density at radius 2 is 2.17 bits per heavy atom. The predicted octanol–water partition coefficient (Wildman–Crippen LogP) is 1.86. The lowest BCUT2D eigenvalue weighted by Crippen LogP contribution is -2.20. The quantitative estimate of drug-likeness (QED) is 0.732. The Bertz CT molecular complexity index is 852. The lowest BCUT2D eigenvalue weighted by Gasteiger charge is -2.10. The van der Waals surface area contributed by atoms with Crippen molar-refractivity contribution in [2.75, 3.05) is 5.32 Å². The molecule has 3 heterocycles. The van der Waals surface area contributed by atoms with Gasteiger partial charge in [-0.1, -0.05) is 11.3 Å². The zero-order valence-corrected chi connectivity index (χ0v) is 12.1. The molecule has 0 spiro atoms. The van der Waals surface area contributed by atoms with Crippen molar-refractivity contribution in [2.24, 2.45) is 0 Å². The van der Waals surface area contributed by atoms with E-state index in [2.05, 4.69) is 20.4 Å². The van der Waals surface area contributed by atoms with Crippen LogP contribution in [-0.4, -0.2) is 41.4 Å². The number of hydrogen-bond donors (Lipinski definition) is 2. The van der Waals surface area contributed by atoms with Gasteiger partial charge in [-0.25, -0.2) is 19.3 Å². The summed E-state index contributed by atoms with van der Waals surface area (Å²) < 4.78 is 39.6. The molecule has 0 bridgehead atoms. The van der Waals surface area contributed by atoms with Gasteiger partial charge in [0.05, 0.1) is 6.54 Å². The standard InChI is InChI=1S/C11H9F3N6O2S/c12-11(13,14)4-19-2-1-15-6(19)3-16-10-18-20-5-17-7(9(21)22)8(20)23-10/h1-2,5H,3-4H2,(H,16,18)(H,21,22). The number of imidazole rings is 2. The first-order chi connectivity index (χ1) is 10.8. The van der Waals surface area contributed by atoms with Crippen molar-refractivity contribution in [3.63, 3.8) is 0 Å². The van der Waals surface area contributed by atoms with E-state index in [0.29, 0.717) is 9.96 Å². The number of aromatic carboxylic acids is 1. The first-order valence-electron chi connectivity index (χ1n) is 6.21. The fraction of sp³-hybridized carbons (Fsp3) is 0.273. The summed E-state index contributed by atoms with van der Waals surface area (Å²) in [5, 5.41) is 16.2. The minimum Gasteiger partial charge on any atom is -0.476 e. The molecule has 2 N–H and O–H groups in total. The van der Waals surface area contributed by atoms with E-state index in [4.69, 9.17) is 5.11 Å². The number of carbonyl (C=O) groups is 1. The summed E-state index contributed by atoms with van der Waals surface area (Å²) >= 11 is 1.04. The fourth-order valence-corrected chi connectivity index (χ4v) is 2.80. The Balaban J connectivity index is 1.74. The molecule has 0 saturated carbocycles. The zero-order chi connectivity index (χ0) is 16.6. The van der Waals surface area contributed by atoms with Gasteiger partial charge in [0.2, 0.25) is 5.13 Å². The molecule has 0 fully saturated rings. The molecule has 122 valence electrons. The van der Waals surface area contributed by atoms with Crippen LogP contribution in [0, 0.1) is 0 Å². The number of carboxylic acid groups (broad SMARTS) is 1. The van der Waals surface area contributed by atoms with Gasteiger partial charge in [-0.2, -0.15) is 13.2 Å². The van der Waals surface area contributed by atoms with Gasteiger partial charge in [-0.15, -0.1) is 5.10 Å². The maximum absolute atomic E-state index is 12.4. The number of nitrogens with one attached hydrogen (secondary N) is 1. The van der Waals surface area contributed by atoms with E-state index in [-0.39, 0.29) is 18.1 Å². The molecule has 0 aliphatic carbocycles. The van der Waals surface area contributed by atoms with Crippen molar-refractivity contribution in [1.82, 2.24) is 24.1 Å². The van der Waals surface area contributed by atoms with Crippen LogP contribution in [0.5, 0.6) is 0 Å². The summed E-state index contributed by atoms with van der Waals surface area (Å²) in [5.74, 6) is -0.984. The van der Waals surface area contributed by atoms with Gasteiger partial charge in [0.1, 0.15) is 18.7 Å². The predicted molar refractivity (Wildman–Crippen MR) is 73.4 cm³/mol. The summed E-state index contributed by atoms with van der Waals surface area (Å²) in [7, 11) is 0. The number of nitrogens with zero attached hydrogens (tertiary/aromatic N) is 5. The molecule has 3 aromatic rings. The second kappa shape index (κ2) is 5.53. The summed E-state index contributed by atoms with van der Waals surface area (Å²) in [4.78, 5) is 18.9. The molecule has 12 heteroatoms. The van der Waals surface area contributed by atoms with E-state index < -0.39 is 18.7 Å². The number of hydrogen-bond acceptors (Lipinski definition) is 6. The maximum atomic E-state index is 12.4. The van der Waals surface area contributed by atoms with Crippen LogP contribution in [0.15, 0.2) is 18.7 Å².